The maximum absolute atomic E-state index is 6.31. The van der Waals surface area contributed by atoms with Crippen molar-refractivity contribution in [3.63, 3.8) is 0 Å². The Bertz CT molecular complexity index is 564. The summed E-state index contributed by atoms with van der Waals surface area (Å²) in [5, 5.41) is 8.54. The molecule has 0 aliphatic rings. The second kappa shape index (κ2) is 6.11. The number of rotatable bonds is 5. The van der Waals surface area contributed by atoms with Crippen molar-refractivity contribution in [2.45, 2.75) is 26.3 Å². The van der Waals surface area contributed by atoms with Crippen LogP contribution in [0.25, 0.3) is 0 Å². The normalized spacial score (nSPS) is 12.9. The van der Waals surface area contributed by atoms with Crippen molar-refractivity contribution in [2.24, 2.45) is 7.05 Å². The van der Waals surface area contributed by atoms with Gasteiger partial charge in [0, 0.05) is 25.1 Å². The van der Waals surface area contributed by atoms with Crippen molar-refractivity contribution in [2.75, 3.05) is 6.54 Å². The minimum atomic E-state index is 0.144. The van der Waals surface area contributed by atoms with Gasteiger partial charge in [0.25, 0.3) is 0 Å². The van der Waals surface area contributed by atoms with Crippen LogP contribution in [0.5, 0.6) is 0 Å². The molecule has 0 saturated heterocycles. The molecule has 2 aromatic heterocycles. The van der Waals surface area contributed by atoms with Crippen LogP contribution in [0.2, 0.25) is 5.02 Å². The second-order valence-corrected chi connectivity index (χ2v) is 5.53. The molecule has 0 aliphatic heterocycles. The Hall–Kier alpha value is -0.780. The van der Waals surface area contributed by atoms with E-state index in [9.17, 15) is 0 Å². The van der Waals surface area contributed by atoms with Gasteiger partial charge in [0.15, 0.2) is 4.67 Å². The minimum absolute atomic E-state index is 0.144. The molecule has 6 heteroatoms. The van der Waals surface area contributed by atoms with E-state index >= 15 is 0 Å². The van der Waals surface area contributed by atoms with E-state index in [0.717, 1.165) is 39.6 Å². The van der Waals surface area contributed by atoms with Gasteiger partial charge in [-0.2, -0.15) is 5.10 Å². The van der Waals surface area contributed by atoms with E-state index in [0.29, 0.717) is 0 Å². The average molecular weight is 347 g/mol. The van der Waals surface area contributed by atoms with Crippen LogP contribution < -0.4 is 5.32 Å². The third-order valence-electron chi connectivity index (χ3n) is 3.13. The summed E-state index contributed by atoms with van der Waals surface area (Å²) in [7, 11) is 1.92. The van der Waals surface area contributed by atoms with Crippen LogP contribution in [0.15, 0.2) is 21.4 Å². The molecule has 0 aliphatic carbocycles. The van der Waals surface area contributed by atoms with Gasteiger partial charge < -0.3 is 9.73 Å². The predicted octanol–water partition coefficient (Wildman–Crippen LogP) is 3.63. The zero-order valence-corrected chi connectivity index (χ0v) is 13.5. The molecule has 19 heavy (non-hydrogen) atoms. The number of aryl methyl sites for hydroxylation is 2. The number of likely N-dealkylation sites (N-methyl/N-ethyl adjacent to an activating group) is 1. The predicted molar refractivity (Wildman–Crippen MR) is 79.5 cm³/mol. The highest BCUT2D eigenvalue weighted by molar-refractivity contribution is 9.10. The number of nitrogens with one attached hydrogen (secondary N) is 1. The number of halogens is 2. The first-order valence-electron chi connectivity index (χ1n) is 6.18. The fraction of sp³-hybridized carbons (Fsp3) is 0.462. The summed E-state index contributed by atoms with van der Waals surface area (Å²) in [5.74, 6) is 0. The molecule has 2 heterocycles. The number of hydrogen-bond acceptors (Lipinski definition) is 3. The van der Waals surface area contributed by atoms with Gasteiger partial charge in [-0.3, -0.25) is 4.68 Å². The average Bonchev–Trinajstić information content (AvgIpc) is 2.88. The molecule has 0 spiro atoms. The van der Waals surface area contributed by atoms with Gasteiger partial charge in [0.2, 0.25) is 0 Å². The number of furan rings is 1. The molecule has 0 fully saturated rings. The molecule has 4 nitrogen and oxygen atoms in total. The first-order chi connectivity index (χ1) is 9.04. The standard InChI is InChI=1S/C13H17BrClN3O/c1-4-16-10(9-5-6-19-13(9)14)7-11-12(15)8(2)17-18(11)3/h5-6,10,16H,4,7H2,1-3H3. The lowest BCUT2D eigenvalue weighted by Crippen LogP contribution is -2.24. The maximum Gasteiger partial charge on any atom is 0.173 e. The summed E-state index contributed by atoms with van der Waals surface area (Å²) in [6.07, 6.45) is 2.45. The summed E-state index contributed by atoms with van der Waals surface area (Å²) in [5.41, 5.74) is 2.98. The maximum atomic E-state index is 6.31. The lowest BCUT2D eigenvalue weighted by molar-refractivity contribution is 0.498. The Labute approximate surface area is 126 Å². The fourth-order valence-corrected chi connectivity index (χ4v) is 2.94. The highest BCUT2D eigenvalue weighted by Crippen LogP contribution is 2.30. The van der Waals surface area contributed by atoms with Gasteiger partial charge in [-0.15, -0.1) is 0 Å². The molecule has 0 radical (unpaired) electrons. The van der Waals surface area contributed by atoms with E-state index in [1.807, 2.05) is 24.7 Å². The molecular weight excluding hydrogens is 330 g/mol. The quantitative estimate of drug-likeness (QED) is 0.899. The van der Waals surface area contributed by atoms with E-state index in [2.05, 4.69) is 33.3 Å². The second-order valence-electron chi connectivity index (χ2n) is 4.43. The summed E-state index contributed by atoms with van der Waals surface area (Å²) >= 11 is 9.74. The van der Waals surface area contributed by atoms with Crippen LogP contribution in [-0.4, -0.2) is 16.3 Å². The van der Waals surface area contributed by atoms with Gasteiger partial charge in [-0.05, 0) is 35.5 Å². The van der Waals surface area contributed by atoms with Crippen molar-refractivity contribution in [1.29, 1.82) is 0 Å². The first kappa shape index (κ1) is 14.6. The van der Waals surface area contributed by atoms with E-state index in [1.165, 1.54) is 0 Å². The fourth-order valence-electron chi connectivity index (χ4n) is 2.19. The number of hydrogen-bond donors (Lipinski definition) is 1. The van der Waals surface area contributed by atoms with Gasteiger partial charge in [0.1, 0.15) is 0 Å². The highest BCUT2D eigenvalue weighted by Gasteiger charge is 2.20. The SMILES string of the molecule is CCNC(Cc1c(Cl)c(C)nn1C)c1ccoc1Br. The molecule has 1 unspecified atom stereocenters. The Balaban J connectivity index is 2.29. The molecule has 0 amide bonds. The zero-order valence-electron chi connectivity index (χ0n) is 11.2. The van der Waals surface area contributed by atoms with Gasteiger partial charge in [-0.1, -0.05) is 18.5 Å². The number of nitrogens with zero attached hydrogens (tertiary/aromatic N) is 2. The van der Waals surface area contributed by atoms with Crippen molar-refractivity contribution >= 4 is 27.5 Å². The van der Waals surface area contributed by atoms with E-state index in [4.69, 9.17) is 16.0 Å². The zero-order chi connectivity index (χ0) is 14.0. The van der Waals surface area contributed by atoms with Crippen molar-refractivity contribution in [3.8, 4) is 0 Å². The summed E-state index contributed by atoms with van der Waals surface area (Å²) < 4.78 is 7.92. The summed E-state index contributed by atoms with van der Waals surface area (Å²) in [6.45, 7) is 4.87. The van der Waals surface area contributed by atoms with E-state index in [-0.39, 0.29) is 6.04 Å². The van der Waals surface area contributed by atoms with Gasteiger partial charge >= 0.3 is 0 Å². The van der Waals surface area contributed by atoms with Crippen LogP contribution in [-0.2, 0) is 13.5 Å². The van der Waals surface area contributed by atoms with Gasteiger partial charge in [0.05, 0.1) is 22.7 Å². The van der Waals surface area contributed by atoms with Crippen molar-refractivity contribution < 1.29 is 4.42 Å². The Morgan fingerprint density at radius 2 is 2.32 bits per heavy atom. The Morgan fingerprint density at radius 1 is 1.58 bits per heavy atom. The van der Waals surface area contributed by atoms with Crippen LogP contribution in [0.3, 0.4) is 0 Å². The molecule has 0 saturated carbocycles. The number of aromatic nitrogens is 2. The Kier molecular flexibility index (Phi) is 4.71. The molecule has 104 valence electrons. The lowest BCUT2D eigenvalue weighted by Gasteiger charge is -2.17. The van der Waals surface area contributed by atoms with Crippen molar-refractivity contribution in [1.82, 2.24) is 15.1 Å². The molecule has 1 N–H and O–H groups in total. The van der Waals surface area contributed by atoms with Crippen LogP contribution in [0, 0.1) is 6.92 Å². The molecule has 1 atom stereocenters. The van der Waals surface area contributed by atoms with Crippen LogP contribution >= 0.6 is 27.5 Å². The minimum Gasteiger partial charge on any atom is -0.457 e. The topological polar surface area (TPSA) is 43.0 Å². The monoisotopic (exact) mass is 345 g/mol. The van der Waals surface area contributed by atoms with E-state index in [1.54, 1.807) is 6.26 Å². The van der Waals surface area contributed by atoms with Gasteiger partial charge in [-0.25, -0.2) is 0 Å². The third-order valence-corrected chi connectivity index (χ3v) is 4.27. The Morgan fingerprint density at radius 3 is 2.79 bits per heavy atom. The largest absolute Gasteiger partial charge is 0.457 e. The van der Waals surface area contributed by atoms with Crippen molar-refractivity contribution in [3.05, 3.63) is 39.0 Å². The molecule has 2 rings (SSSR count). The van der Waals surface area contributed by atoms with Crippen LogP contribution in [0.4, 0.5) is 0 Å². The molecule has 0 aromatic carbocycles. The van der Waals surface area contributed by atoms with E-state index < -0.39 is 0 Å². The lowest BCUT2D eigenvalue weighted by atomic mass is 10.0. The first-order valence-corrected chi connectivity index (χ1v) is 7.36. The molecule has 2 aromatic rings. The molecular formula is C13H17BrClN3O. The molecule has 0 bridgehead atoms. The van der Waals surface area contributed by atoms with Crippen LogP contribution in [0.1, 0.15) is 29.9 Å². The summed E-state index contributed by atoms with van der Waals surface area (Å²) in [4.78, 5) is 0. The third kappa shape index (κ3) is 3.04. The summed E-state index contributed by atoms with van der Waals surface area (Å²) in [6, 6.07) is 2.11. The highest BCUT2D eigenvalue weighted by atomic mass is 79.9. The smallest absolute Gasteiger partial charge is 0.173 e.